The van der Waals surface area contributed by atoms with E-state index in [1.165, 1.54) is 0 Å². The van der Waals surface area contributed by atoms with E-state index in [1.54, 1.807) is 7.11 Å². The van der Waals surface area contributed by atoms with Gasteiger partial charge in [-0.05, 0) is 18.6 Å². The van der Waals surface area contributed by atoms with Crippen molar-refractivity contribution < 1.29 is 9.84 Å². The van der Waals surface area contributed by atoms with Crippen molar-refractivity contribution in [3.8, 4) is 5.75 Å². The monoisotopic (exact) mass is 302 g/mol. The highest BCUT2D eigenvalue weighted by Gasteiger charge is 2.25. The standard InChI is InChI=1S/C12H15BrO2S/c1-7-5-10(14)12-8(6-16-7)11(15-2)4-3-9(12)13/h3-4,7,10,14H,5-6H2,1-2H3/t7?,10-/m0/s1. The second-order valence-electron chi connectivity index (χ2n) is 4.01. The average Bonchev–Trinajstić information content (AvgIpc) is 2.39. The Bertz CT molecular complexity index is 395. The van der Waals surface area contributed by atoms with E-state index >= 15 is 0 Å². The molecule has 1 heterocycles. The van der Waals surface area contributed by atoms with Crippen LogP contribution in [-0.4, -0.2) is 17.5 Å². The molecule has 2 rings (SSSR count). The van der Waals surface area contributed by atoms with E-state index < -0.39 is 6.10 Å². The van der Waals surface area contributed by atoms with Gasteiger partial charge in [-0.25, -0.2) is 0 Å². The highest BCUT2D eigenvalue weighted by molar-refractivity contribution is 9.10. The summed E-state index contributed by atoms with van der Waals surface area (Å²) in [5.41, 5.74) is 2.12. The molecular formula is C12H15BrO2S. The second kappa shape index (κ2) is 4.98. The van der Waals surface area contributed by atoms with Crippen molar-refractivity contribution >= 4 is 27.7 Å². The number of fused-ring (bicyclic) bond motifs is 1. The fourth-order valence-electron chi connectivity index (χ4n) is 2.04. The molecule has 0 saturated carbocycles. The maximum absolute atomic E-state index is 10.2. The third kappa shape index (κ3) is 2.24. The lowest BCUT2D eigenvalue weighted by molar-refractivity contribution is 0.167. The van der Waals surface area contributed by atoms with Gasteiger partial charge in [0.15, 0.2) is 0 Å². The van der Waals surface area contributed by atoms with Gasteiger partial charge in [0.05, 0.1) is 13.2 Å². The summed E-state index contributed by atoms with van der Waals surface area (Å²) in [7, 11) is 1.68. The number of halogens is 1. The predicted octanol–water partition coefficient (Wildman–Crippen LogP) is 3.52. The summed E-state index contributed by atoms with van der Waals surface area (Å²) in [5, 5.41) is 10.7. The van der Waals surface area contributed by atoms with Crippen LogP contribution in [-0.2, 0) is 5.75 Å². The Hall–Kier alpha value is -0.190. The summed E-state index contributed by atoms with van der Waals surface area (Å²) in [6, 6.07) is 3.90. The lowest BCUT2D eigenvalue weighted by Gasteiger charge is -2.16. The molecule has 1 aromatic rings. The Kier molecular flexibility index (Phi) is 3.82. The molecule has 1 N–H and O–H groups in total. The summed E-state index contributed by atoms with van der Waals surface area (Å²) in [5.74, 6) is 1.77. The van der Waals surface area contributed by atoms with Crippen LogP contribution in [0, 0.1) is 0 Å². The molecule has 4 heteroatoms. The molecule has 0 aliphatic carbocycles. The highest BCUT2D eigenvalue weighted by atomic mass is 79.9. The van der Waals surface area contributed by atoms with Crippen molar-refractivity contribution in [2.24, 2.45) is 0 Å². The van der Waals surface area contributed by atoms with E-state index in [-0.39, 0.29) is 0 Å². The maximum atomic E-state index is 10.2. The van der Waals surface area contributed by atoms with Crippen LogP contribution < -0.4 is 4.74 Å². The van der Waals surface area contributed by atoms with E-state index in [2.05, 4.69) is 22.9 Å². The molecule has 1 aliphatic heterocycles. The number of benzene rings is 1. The van der Waals surface area contributed by atoms with Crippen molar-refractivity contribution in [3.05, 3.63) is 27.7 Å². The number of aliphatic hydroxyl groups is 1. The maximum Gasteiger partial charge on any atom is 0.123 e. The Morgan fingerprint density at radius 3 is 2.94 bits per heavy atom. The van der Waals surface area contributed by atoms with E-state index in [0.717, 1.165) is 33.5 Å². The van der Waals surface area contributed by atoms with E-state index in [0.29, 0.717) is 5.25 Å². The van der Waals surface area contributed by atoms with Gasteiger partial charge in [-0.3, -0.25) is 0 Å². The van der Waals surface area contributed by atoms with Gasteiger partial charge in [0.25, 0.3) is 0 Å². The average molecular weight is 303 g/mol. The molecule has 0 bridgehead atoms. The smallest absolute Gasteiger partial charge is 0.123 e. The molecule has 0 radical (unpaired) electrons. The summed E-state index contributed by atoms with van der Waals surface area (Å²) in [4.78, 5) is 0. The molecule has 0 aromatic heterocycles. The molecule has 1 aromatic carbocycles. The van der Waals surface area contributed by atoms with Gasteiger partial charge < -0.3 is 9.84 Å². The van der Waals surface area contributed by atoms with E-state index in [9.17, 15) is 5.11 Å². The molecule has 0 fully saturated rings. The lowest BCUT2D eigenvalue weighted by atomic mass is 9.99. The first-order chi connectivity index (χ1) is 7.63. The second-order valence-corrected chi connectivity index (χ2v) is 6.30. The van der Waals surface area contributed by atoms with Crippen LogP contribution in [0.4, 0.5) is 0 Å². The molecule has 0 amide bonds. The summed E-state index contributed by atoms with van der Waals surface area (Å²) in [6.45, 7) is 2.15. The van der Waals surface area contributed by atoms with Crippen LogP contribution in [0.3, 0.4) is 0 Å². The topological polar surface area (TPSA) is 29.5 Å². The Morgan fingerprint density at radius 1 is 1.50 bits per heavy atom. The summed E-state index contributed by atoms with van der Waals surface area (Å²) < 4.78 is 6.34. The van der Waals surface area contributed by atoms with Gasteiger partial charge in [0.2, 0.25) is 0 Å². The zero-order valence-electron chi connectivity index (χ0n) is 9.37. The third-order valence-corrected chi connectivity index (χ3v) is 4.79. The number of hydrogen-bond acceptors (Lipinski definition) is 3. The fourth-order valence-corrected chi connectivity index (χ4v) is 3.75. The zero-order valence-corrected chi connectivity index (χ0v) is 11.8. The first-order valence-corrected chi connectivity index (χ1v) is 7.12. The Morgan fingerprint density at radius 2 is 2.25 bits per heavy atom. The van der Waals surface area contributed by atoms with Crippen LogP contribution in [0.1, 0.15) is 30.6 Å². The van der Waals surface area contributed by atoms with Gasteiger partial charge in [0, 0.05) is 26.6 Å². The number of ether oxygens (including phenoxy) is 1. The molecule has 1 unspecified atom stereocenters. The third-order valence-electron chi connectivity index (χ3n) is 2.88. The fraction of sp³-hybridized carbons (Fsp3) is 0.500. The molecule has 2 atom stereocenters. The minimum atomic E-state index is -0.399. The largest absolute Gasteiger partial charge is 0.496 e. The summed E-state index contributed by atoms with van der Waals surface area (Å²) in [6.07, 6.45) is 0.396. The highest BCUT2D eigenvalue weighted by Crippen LogP contribution is 2.42. The molecule has 1 aliphatic rings. The minimum absolute atomic E-state index is 0.399. The summed E-state index contributed by atoms with van der Waals surface area (Å²) >= 11 is 5.38. The Balaban J connectivity index is 2.52. The number of rotatable bonds is 1. The van der Waals surface area contributed by atoms with Crippen molar-refractivity contribution in [2.75, 3.05) is 7.11 Å². The normalized spacial score (nSPS) is 24.8. The Labute approximate surface area is 109 Å². The minimum Gasteiger partial charge on any atom is -0.496 e. The SMILES string of the molecule is COc1ccc(Br)c2c1CSC(C)C[C@@H]2O. The zero-order chi connectivity index (χ0) is 11.7. The molecule has 16 heavy (non-hydrogen) atoms. The lowest BCUT2D eigenvalue weighted by Crippen LogP contribution is -2.05. The van der Waals surface area contributed by atoms with Crippen LogP contribution in [0.25, 0.3) is 0 Å². The first kappa shape index (κ1) is 12.3. The van der Waals surface area contributed by atoms with Crippen LogP contribution >= 0.6 is 27.7 Å². The van der Waals surface area contributed by atoms with Gasteiger partial charge in [-0.2, -0.15) is 11.8 Å². The van der Waals surface area contributed by atoms with E-state index in [1.807, 2.05) is 23.9 Å². The van der Waals surface area contributed by atoms with Gasteiger partial charge in [-0.1, -0.05) is 22.9 Å². The molecule has 0 spiro atoms. The number of methoxy groups -OCH3 is 1. The number of hydrogen-bond donors (Lipinski definition) is 1. The molecule has 0 saturated heterocycles. The number of aliphatic hydroxyl groups excluding tert-OH is 1. The van der Waals surface area contributed by atoms with E-state index in [4.69, 9.17) is 4.74 Å². The molecule has 88 valence electrons. The first-order valence-electron chi connectivity index (χ1n) is 5.28. The van der Waals surface area contributed by atoms with Crippen molar-refractivity contribution in [2.45, 2.75) is 30.5 Å². The van der Waals surface area contributed by atoms with Crippen molar-refractivity contribution in [1.82, 2.24) is 0 Å². The van der Waals surface area contributed by atoms with Gasteiger partial charge in [-0.15, -0.1) is 0 Å². The van der Waals surface area contributed by atoms with Crippen LogP contribution in [0.5, 0.6) is 5.75 Å². The predicted molar refractivity (Wildman–Crippen MR) is 71.0 cm³/mol. The molecule has 2 nitrogen and oxygen atoms in total. The van der Waals surface area contributed by atoms with Crippen molar-refractivity contribution in [1.29, 1.82) is 0 Å². The van der Waals surface area contributed by atoms with Gasteiger partial charge in [0.1, 0.15) is 5.75 Å². The van der Waals surface area contributed by atoms with Gasteiger partial charge >= 0.3 is 0 Å². The quantitative estimate of drug-likeness (QED) is 0.861. The number of thioether (sulfide) groups is 1. The van der Waals surface area contributed by atoms with Crippen LogP contribution in [0.2, 0.25) is 0 Å². The van der Waals surface area contributed by atoms with Crippen LogP contribution in [0.15, 0.2) is 16.6 Å². The van der Waals surface area contributed by atoms with Crippen molar-refractivity contribution in [3.63, 3.8) is 0 Å². The molecular weight excluding hydrogens is 288 g/mol.